The standard InChI is InChI=1S/C20H28FNO3/c1-12-8-9-15-17(10-12)25-18(11-20(15,3)22-13(2)23)14-6-5-7-16(24-4)19(14)21/h5-7,12,15,17-18H,8-11H2,1-4H3,(H,22,23)/t12-,15-,17-,18-,20-/m1/s1. The summed E-state index contributed by atoms with van der Waals surface area (Å²) in [5.41, 5.74) is 0.113. The van der Waals surface area contributed by atoms with Gasteiger partial charge in [-0.25, -0.2) is 4.39 Å². The Labute approximate surface area is 149 Å². The van der Waals surface area contributed by atoms with Crippen LogP contribution < -0.4 is 10.1 Å². The second kappa shape index (κ2) is 6.94. The third-order valence-electron chi connectivity index (χ3n) is 5.84. The highest BCUT2D eigenvalue weighted by atomic mass is 19.1. The van der Waals surface area contributed by atoms with Gasteiger partial charge < -0.3 is 14.8 Å². The lowest BCUT2D eigenvalue weighted by molar-refractivity contribution is -0.153. The van der Waals surface area contributed by atoms with Gasteiger partial charge in [-0.2, -0.15) is 0 Å². The molecule has 0 spiro atoms. The van der Waals surface area contributed by atoms with Crippen molar-refractivity contribution in [3.8, 4) is 5.75 Å². The number of methoxy groups -OCH3 is 1. The molecule has 4 nitrogen and oxygen atoms in total. The van der Waals surface area contributed by atoms with E-state index in [9.17, 15) is 9.18 Å². The molecule has 1 aromatic rings. The maximum absolute atomic E-state index is 14.8. The lowest BCUT2D eigenvalue weighted by atomic mass is 9.66. The lowest BCUT2D eigenvalue weighted by Crippen LogP contribution is -2.60. The number of rotatable bonds is 3. The highest BCUT2D eigenvalue weighted by Crippen LogP contribution is 2.48. The molecule has 1 N–H and O–H groups in total. The van der Waals surface area contributed by atoms with Crippen molar-refractivity contribution in [1.29, 1.82) is 0 Å². The Morgan fingerprint density at radius 1 is 1.40 bits per heavy atom. The Bertz CT molecular complexity index is 650. The molecule has 1 heterocycles. The van der Waals surface area contributed by atoms with Crippen molar-refractivity contribution in [2.24, 2.45) is 11.8 Å². The molecule has 1 saturated carbocycles. The summed E-state index contributed by atoms with van der Waals surface area (Å²) >= 11 is 0. The van der Waals surface area contributed by atoms with Crippen molar-refractivity contribution in [2.45, 2.75) is 64.2 Å². The summed E-state index contributed by atoms with van der Waals surface area (Å²) in [5, 5.41) is 3.15. The summed E-state index contributed by atoms with van der Waals surface area (Å²) in [7, 11) is 1.46. The first-order valence-electron chi connectivity index (χ1n) is 9.10. The van der Waals surface area contributed by atoms with Crippen LogP contribution in [0.4, 0.5) is 4.39 Å². The van der Waals surface area contributed by atoms with Gasteiger partial charge in [0.15, 0.2) is 11.6 Å². The first-order valence-corrected chi connectivity index (χ1v) is 9.10. The Balaban J connectivity index is 1.95. The molecule has 0 bridgehead atoms. The molecule has 1 aliphatic heterocycles. The summed E-state index contributed by atoms with van der Waals surface area (Å²) in [6.45, 7) is 5.85. The predicted molar refractivity (Wildman–Crippen MR) is 93.9 cm³/mol. The Hall–Kier alpha value is -1.62. The van der Waals surface area contributed by atoms with Crippen LogP contribution in [-0.4, -0.2) is 24.7 Å². The van der Waals surface area contributed by atoms with E-state index in [1.165, 1.54) is 7.11 Å². The SMILES string of the molecule is COc1cccc([C@H]2C[C@@](C)(NC(C)=O)[C@@H]3CC[C@@H](C)C[C@H]3O2)c1F. The molecule has 1 saturated heterocycles. The fourth-order valence-corrected chi connectivity index (χ4v) is 4.67. The molecular formula is C20H28FNO3. The molecule has 2 aliphatic rings. The third-order valence-corrected chi connectivity index (χ3v) is 5.84. The zero-order valence-electron chi connectivity index (χ0n) is 15.5. The first-order chi connectivity index (χ1) is 11.8. The van der Waals surface area contributed by atoms with Gasteiger partial charge in [0.2, 0.25) is 5.91 Å². The van der Waals surface area contributed by atoms with Crippen molar-refractivity contribution < 1.29 is 18.7 Å². The minimum atomic E-state index is -0.394. The summed E-state index contributed by atoms with van der Waals surface area (Å²) in [4.78, 5) is 11.8. The van der Waals surface area contributed by atoms with Crippen LogP contribution in [0.5, 0.6) is 5.75 Å². The maximum atomic E-state index is 14.8. The summed E-state index contributed by atoms with van der Waals surface area (Å²) in [6, 6.07) is 5.15. The van der Waals surface area contributed by atoms with E-state index in [1.807, 2.05) is 0 Å². The molecule has 0 aromatic heterocycles. The minimum Gasteiger partial charge on any atom is -0.494 e. The molecule has 138 valence electrons. The van der Waals surface area contributed by atoms with Gasteiger partial charge in [-0.1, -0.05) is 25.5 Å². The fourth-order valence-electron chi connectivity index (χ4n) is 4.67. The molecule has 25 heavy (non-hydrogen) atoms. The van der Waals surface area contributed by atoms with Gasteiger partial charge in [-0.3, -0.25) is 4.79 Å². The number of fused-ring (bicyclic) bond motifs is 1. The number of carbonyl (C=O) groups excluding carboxylic acids is 1. The van der Waals surface area contributed by atoms with Crippen LogP contribution in [0.2, 0.25) is 0 Å². The molecule has 2 fully saturated rings. The lowest BCUT2D eigenvalue weighted by Gasteiger charge is -2.52. The van der Waals surface area contributed by atoms with Gasteiger partial charge in [-0.15, -0.1) is 0 Å². The van der Waals surface area contributed by atoms with E-state index in [2.05, 4.69) is 19.2 Å². The minimum absolute atomic E-state index is 0.0324. The van der Waals surface area contributed by atoms with Crippen LogP contribution >= 0.6 is 0 Å². The van der Waals surface area contributed by atoms with Crippen LogP contribution in [0.1, 0.15) is 58.1 Å². The molecule has 5 atom stereocenters. The van der Waals surface area contributed by atoms with Crippen molar-refractivity contribution in [3.05, 3.63) is 29.6 Å². The molecular weight excluding hydrogens is 321 g/mol. The van der Waals surface area contributed by atoms with Crippen LogP contribution in [0.3, 0.4) is 0 Å². The van der Waals surface area contributed by atoms with Crippen molar-refractivity contribution in [3.63, 3.8) is 0 Å². The van der Waals surface area contributed by atoms with Crippen LogP contribution in [0.15, 0.2) is 18.2 Å². The normalized spacial score (nSPS) is 34.9. The van der Waals surface area contributed by atoms with Crippen molar-refractivity contribution in [1.82, 2.24) is 5.32 Å². The van der Waals surface area contributed by atoms with E-state index < -0.39 is 11.6 Å². The second-order valence-corrected chi connectivity index (χ2v) is 7.85. The van der Waals surface area contributed by atoms with E-state index in [4.69, 9.17) is 9.47 Å². The second-order valence-electron chi connectivity index (χ2n) is 7.85. The average Bonchev–Trinajstić information content (AvgIpc) is 2.53. The Morgan fingerprint density at radius 3 is 2.84 bits per heavy atom. The number of carbonyl (C=O) groups is 1. The van der Waals surface area contributed by atoms with Gasteiger partial charge in [0.25, 0.3) is 0 Å². The average molecular weight is 349 g/mol. The van der Waals surface area contributed by atoms with Gasteiger partial charge in [0.1, 0.15) is 0 Å². The van der Waals surface area contributed by atoms with E-state index in [1.54, 1.807) is 25.1 Å². The molecule has 1 aromatic carbocycles. The van der Waals surface area contributed by atoms with Gasteiger partial charge >= 0.3 is 0 Å². The van der Waals surface area contributed by atoms with Crippen molar-refractivity contribution >= 4 is 5.91 Å². The largest absolute Gasteiger partial charge is 0.494 e. The predicted octanol–water partition coefficient (Wildman–Crippen LogP) is 4.00. The third kappa shape index (κ3) is 3.52. The molecule has 3 rings (SSSR count). The van der Waals surface area contributed by atoms with E-state index in [0.29, 0.717) is 17.9 Å². The van der Waals surface area contributed by atoms with Crippen LogP contribution in [-0.2, 0) is 9.53 Å². The van der Waals surface area contributed by atoms with Crippen LogP contribution in [0.25, 0.3) is 0 Å². The quantitative estimate of drug-likeness (QED) is 0.897. The number of benzene rings is 1. The molecule has 1 amide bonds. The smallest absolute Gasteiger partial charge is 0.217 e. The molecule has 1 aliphatic carbocycles. The molecule has 5 heteroatoms. The number of amides is 1. The Morgan fingerprint density at radius 2 is 2.16 bits per heavy atom. The Kier molecular flexibility index (Phi) is 5.05. The van der Waals surface area contributed by atoms with Crippen LogP contribution in [0, 0.1) is 17.7 Å². The number of halogens is 1. The highest BCUT2D eigenvalue weighted by molar-refractivity contribution is 5.73. The molecule has 0 unspecified atom stereocenters. The van der Waals surface area contributed by atoms with Gasteiger partial charge in [0.05, 0.1) is 19.3 Å². The number of ether oxygens (including phenoxy) is 2. The zero-order chi connectivity index (χ0) is 18.2. The number of nitrogens with one attached hydrogen (secondary N) is 1. The number of hydrogen-bond acceptors (Lipinski definition) is 3. The summed E-state index contributed by atoms with van der Waals surface area (Å²) in [6.07, 6.45) is 3.31. The fraction of sp³-hybridized carbons (Fsp3) is 0.650. The summed E-state index contributed by atoms with van der Waals surface area (Å²) < 4.78 is 26.3. The zero-order valence-corrected chi connectivity index (χ0v) is 15.5. The van der Waals surface area contributed by atoms with E-state index in [0.717, 1.165) is 19.3 Å². The van der Waals surface area contributed by atoms with E-state index >= 15 is 0 Å². The topological polar surface area (TPSA) is 47.6 Å². The maximum Gasteiger partial charge on any atom is 0.217 e. The number of hydrogen-bond donors (Lipinski definition) is 1. The monoisotopic (exact) mass is 349 g/mol. The van der Waals surface area contributed by atoms with Gasteiger partial charge in [0, 0.05) is 30.4 Å². The first kappa shape index (κ1) is 18.2. The van der Waals surface area contributed by atoms with Gasteiger partial charge in [-0.05, 0) is 31.7 Å². The van der Waals surface area contributed by atoms with Crippen molar-refractivity contribution in [2.75, 3.05) is 7.11 Å². The van der Waals surface area contributed by atoms with E-state index in [-0.39, 0.29) is 29.5 Å². The summed E-state index contributed by atoms with van der Waals surface area (Å²) in [5.74, 6) is 0.643. The molecule has 0 radical (unpaired) electrons. The highest BCUT2D eigenvalue weighted by Gasteiger charge is 2.49.